The second kappa shape index (κ2) is 7.93. The van der Waals surface area contributed by atoms with Crippen LogP contribution in [0.2, 0.25) is 0 Å². The predicted molar refractivity (Wildman–Crippen MR) is 104 cm³/mol. The lowest BCUT2D eigenvalue weighted by Gasteiger charge is -2.45. The Morgan fingerprint density at radius 2 is 1.75 bits per heavy atom. The second-order valence-corrected chi connectivity index (χ2v) is 8.44. The van der Waals surface area contributed by atoms with Gasteiger partial charge in [0.2, 0.25) is 5.95 Å². The molecule has 0 bridgehead atoms. The minimum atomic E-state index is -0.486. The van der Waals surface area contributed by atoms with E-state index in [1.807, 2.05) is 20.8 Å². The molecule has 2 saturated heterocycles. The van der Waals surface area contributed by atoms with E-state index in [2.05, 4.69) is 14.9 Å². The average molecular weight is 390 g/mol. The molecule has 3 heterocycles. The van der Waals surface area contributed by atoms with Crippen LogP contribution in [0.5, 0.6) is 0 Å². The number of esters is 1. The first-order valence-corrected chi connectivity index (χ1v) is 9.99. The first-order chi connectivity index (χ1) is 13.2. The number of carbonyl (C=O) groups excluding carboxylic acids is 2. The van der Waals surface area contributed by atoms with Crippen molar-refractivity contribution in [1.82, 2.24) is 14.9 Å². The number of ether oxygens (including phenoxy) is 2. The number of anilines is 1. The van der Waals surface area contributed by atoms with Crippen LogP contribution >= 0.6 is 0 Å². The van der Waals surface area contributed by atoms with Crippen LogP contribution in [0.1, 0.15) is 63.7 Å². The largest absolute Gasteiger partial charge is 0.462 e. The van der Waals surface area contributed by atoms with Gasteiger partial charge in [0.1, 0.15) is 5.60 Å². The molecule has 0 aliphatic carbocycles. The number of aromatic nitrogens is 2. The van der Waals surface area contributed by atoms with Crippen LogP contribution in [0.3, 0.4) is 0 Å². The molecule has 2 aliphatic heterocycles. The van der Waals surface area contributed by atoms with Crippen molar-refractivity contribution < 1.29 is 19.1 Å². The van der Waals surface area contributed by atoms with Crippen molar-refractivity contribution in [1.29, 1.82) is 0 Å². The first kappa shape index (κ1) is 20.4. The summed E-state index contributed by atoms with van der Waals surface area (Å²) in [5.41, 5.74) is -0.164. The summed E-state index contributed by atoms with van der Waals surface area (Å²) in [5, 5.41) is 0. The van der Waals surface area contributed by atoms with E-state index in [0.29, 0.717) is 31.2 Å². The zero-order valence-electron chi connectivity index (χ0n) is 17.2. The molecule has 28 heavy (non-hydrogen) atoms. The van der Waals surface area contributed by atoms with Crippen LogP contribution in [-0.4, -0.2) is 64.3 Å². The quantitative estimate of drug-likeness (QED) is 0.733. The van der Waals surface area contributed by atoms with Crippen LogP contribution in [0.4, 0.5) is 10.7 Å². The van der Waals surface area contributed by atoms with Gasteiger partial charge in [-0.3, -0.25) is 0 Å². The summed E-state index contributed by atoms with van der Waals surface area (Å²) in [6, 6.07) is 0. The van der Waals surface area contributed by atoms with E-state index in [1.165, 1.54) is 12.4 Å². The van der Waals surface area contributed by atoms with Gasteiger partial charge in [-0.1, -0.05) is 0 Å². The normalized spacial score (nSPS) is 19.0. The Morgan fingerprint density at radius 1 is 1.11 bits per heavy atom. The van der Waals surface area contributed by atoms with E-state index in [-0.39, 0.29) is 11.6 Å². The third-order valence-electron chi connectivity index (χ3n) is 5.33. The number of nitrogens with zero attached hydrogens (tertiary/aromatic N) is 4. The number of hydrogen-bond acceptors (Lipinski definition) is 7. The first-order valence-electron chi connectivity index (χ1n) is 9.99. The Balaban J connectivity index is 1.67. The Bertz CT molecular complexity index is 706. The standard InChI is InChI=1S/C20H30N4O4/c1-5-27-16(25)15-13-21-17(22-14-15)24-10-6-7-20(24)8-11-23(12-9-20)18(26)28-19(2,3)4/h13-14H,5-12H2,1-4H3. The third kappa shape index (κ3) is 4.36. The molecule has 1 amide bonds. The second-order valence-electron chi connectivity index (χ2n) is 8.44. The molecule has 0 unspecified atom stereocenters. The highest BCUT2D eigenvalue weighted by molar-refractivity contribution is 5.88. The number of likely N-dealkylation sites (tertiary alicyclic amines) is 1. The molecule has 3 rings (SSSR count). The molecule has 154 valence electrons. The summed E-state index contributed by atoms with van der Waals surface area (Å²) in [6.07, 6.45) is 6.64. The van der Waals surface area contributed by atoms with Crippen molar-refractivity contribution in [3.8, 4) is 0 Å². The van der Waals surface area contributed by atoms with Crippen molar-refractivity contribution in [3.63, 3.8) is 0 Å². The topological polar surface area (TPSA) is 84.9 Å². The third-order valence-corrected chi connectivity index (χ3v) is 5.33. The highest BCUT2D eigenvalue weighted by Gasteiger charge is 2.45. The Hall–Kier alpha value is -2.38. The number of hydrogen-bond donors (Lipinski definition) is 0. The van der Waals surface area contributed by atoms with Crippen molar-refractivity contribution in [2.24, 2.45) is 0 Å². The number of amides is 1. The van der Waals surface area contributed by atoms with Gasteiger partial charge in [0.15, 0.2) is 0 Å². The summed E-state index contributed by atoms with van der Waals surface area (Å²) >= 11 is 0. The van der Waals surface area contributed by atoms with E-state index >= 15 is 0 Å². The molecule has 1 aromatic rings. The highest BCUT2D eigenvalue weighted by Crippen LogP contribution is 2.40. The lowest BCUT2D eigenvalue weighted by molar-refractivity contribution is 0.0169. The fourth-order valence-electron chi connectivity index (χ4n) is 3.98. The van der Waals surface area contributed by atoms with Gasteiger partial charge in [-0.2, -0.15) is 0 Å². The van der Waals surface area contributed by atoms with Crippen molar-refractivity contribution in [2.45, 2.75) is 64.5 Å². The molecule has 0 N–H and O–H groups in total. The molecule has 1 spiro atoms. The molecule has 0 atom stereocenters. The van der Waals surface area contributed by atoms with E-state index < -0.39 is 11.6 Å². The average Bonchev–Trinajstić information content (AvgIpc) is 3.04. The fourth-order valence-corrected chi connectivity index (χ4v) is 3.98. The lowest BCUT2D eigenvalue weighted by Crippen LogP contribution is -2.54. The van der Waals surface area contributed by atoms with Gasteiger partial charge in [-0.15, -0.1) is 0 Å². The van der Waals surface area contributed by atoms with E-state index in [9.17, 15) is 9.59 Å². The SMILES string of the molecule is CCOC(=O)c1cnc(N2CCCC23CCN(C(=O)OC(C)(C)C)CC3)nc1. The molecular formula is C20H30N4O4. The maximum absolute atomic E-state index is 12.3. The minimum absolute atomic E-state index is 0.0377. The molecule has 0 radical (unpaired) electrons. The Labute approximate surface area is 166 Å². The molecule has 1 aromatic heterocycles. The maximum Gasteiger partial charge on any atom is 0.410 e. The van der Waals surface area contributed by atoms with Crippen LogP contribution in [-0.2, 0) is 9.47 Å². The maximum atomic E-state index is 12.3. The summed E-state index contributed by atoms with van der Waals surface area (Å²) in [7, 11) is 0. The zero-order chi connectivity index (χ0) is 20.4. The summed E-state index contributed by atoms with van der Waals surface area (Å²) in [6.45, 7) is 9.93. The van der Waals surface area contributed by atoms with Gasteiger partial charge in [0, 0.05) is 37.6 Å². The summed E-state index contributed by atoms with van der Waals surface area (Å²) in [4.78, 5) is 37.0. The van der Waals surface area contributed by atoms with E-state index in [1.54, 1.807) is 11.8 Å². The number of rotatable bonds is 3. The molecule has 2 fully saturated rings. The van der Waals surface area contributed by atoms with Gasteiger partial charge >= 0.3 is 12.1 Å². The van der Waals surface area contributed by atoms with Crippen LogP contribution in [0.15, 0.2) is 12.4 Å². The van der Waals surface area contributed by atoms with Crippen LogP contribution < -0.4 is 4.90 Å². The molecular weight excluding hydrogens is 360 g/mol. The summed E-state index contributed by atoms with van der Waals surface area (Å²) in [5.74, 6) is 0.229. The molecule has 8 heteroatoms. The molecule has 2 aliphatic rings. The number of piperidine rings is 1. The lowest BCUT2D eigenvalue weighted by atomic mass is 9.85. The van der Waals surface area contributed by atoms with Gasteiger partial charge in [-0.05, 0) is 53.4 Å². The number of carbonyl (C=O) groups is 2. The van der Waals surface area contributed by atoms with Gasteiger partial charge in [0.25, 0.3) is 0 Å². The Kier molecular flexibility index (Phi) is 5.76. The smallest absolute Gasteiger partial charge is 0.410 e. The molecule has 8 nitrogen and oxygen atoms in total. The van der Waals surface area contributed by atoms with Crippen molar-refractivity contribution in [3.05, 3.63) is 18.0 Å². The van der Waals surface area contributed by atoms with Crippen molar-refractivity contribution >= 4 is 18.0 Å². The van der Waals surface area contributed by atoms with Crippen LogP contribution in [0, 0.1) is 0 Å². The minimum Gasteiger partial charge on any atom is -0.462 e. The zero-order valence-corrected chi connectivity index (χ0v) is 17.2. The van der Waals surface area contributed by atoms with E-state index in [4.69, 9.17) is 9.47 Å². The van der Waals surface area contributed by atoms with E-state index in [0.717, 1.165) is 32.2 Å². The van der Waals surface area contributed by atoms with Crippen LogP contribution in [0.25, 0.3) is 0 Å². The highest BCUT2D eigenvalue weighted by atomic mass is 16.6. The van der Waals surface area contributed by atoms with Crippen molar-refractivity contribution in [2.75, 3.05) is 31.1 Å². The fraction of sp³-hybridized carbons (Fsp3) is 0.700. The Morgan fingerprint density at radius 3 is 2.32 bits per heavy atom. The van der Waals surface area contributed by atoms with Gasteiger partial charge in [-0.25, -0.2) is 19.6 Å². The van der Waals surface area contributed by atoms with Gasteiger partial charge in [0.05, 0.1) is 12.2 Å². The predicted octanol–water partition coefficient (Wildman–Crippen LogP) is 3.02. The van der Waals surface area contributed by atoms with Gasteiger partial charge < -0.3 is 19.3 Å². The molecule has 0 saturated carbocycles. The monoisotopic (exact) mass is 390 g/mol. The molecule has 0 aromatic carbocycles. The summed E-state index contributed by atoms with van der Waals surface area (Å²) < 4.78 is 10.5.